The second-order valence-electron chi connectivity index (χ2n) is 7.64. The summed E-state index contributed by atoms with van der Waals surface area (Å²) >= 11 is 0. The van der Waals surface area contributed by atoms with Gasteiger partial charge in [0.05, 0.1) is 5.21 Å². The highest BCUT2D eigenvalue weighted by Gasteiger charge is 2.55. The number of hydrogen-bond acceptors (Lipinski definition) is 3. The van der Waals surface area contributed by atoms with E-state index in [2.05, 4.69) is 15.1 Å². The lowest BCUT2D eigenvalue weighted by atomic mass is 9.53. The van der Waals surface area contributed by atoms with Crippen molar-refractivity contribution < 1.29 is 17.1 Å². The average molecular weight is 332 g/mol. The first-order valence-electron chi connectivity index (χ1n) is 8.43. The van der Waals surface area contributed by atoms with Crippen LogP contribution >= 0.6 is 0 Å². The van der Waals surface area contributed by atoms with Crippen molar-refractivity contribution in [2.75, 3.05) is 5.73 Å². The molecular formula is C17H22ClN5. The number of nitrogen functional groups attached to an aromatic ring is 1. The van der Waals surface area contributed by atoms with E-state index in [0.717, 1.165) is 23.4 Å². The maximum absolute atomic E-state index is 6.46. The van der Waals surface area contributed by atoms with Gasteiger partial charge in [-0.25, -0.2) is 0 Å². The highest BCUT2D eigenvalue weighted by Crippen LogP contribution is 2.56. The molecule has 0 atom stereocenters. The molecule has 1 aromatic heterocycles. The Balaban J connectivity index is 0.00000135. The molecule has 5 nitrogen and oxygen atoms in total. The number of aromatic nitrogens is 4. The van der Waals surface area contributed by atoms with E-state index in [1.807, 2.05) is 30.3 Å². The molecule has 4 saturated carbocycles. The predicted molar refractivity (Wildman–Crippen MR) is 82.1 cm³/mol. The summed E-state index contributed by atoms with van der Waals surface area (Å²) in [5.41, 5.74) is 7.57. The van der Waals surface area contributed by atoms with Gasteiger partial charge >= 0.3 is 5.95 Å². The zero-order valence-electron chi connectivity index (χ0n) is 13.1. The van der Waals surface area contributed by atoms with E-state index in [1.54, 1.807) is 4.68 Å². The van der Waals surface area contributed by atoms with Crippen molar-refractivity contribution in [2.24, 2.45) is 17.8 Å². The molecule has 0 spiro atoms. The lowest BCUT2D eigenvalue weighted by Gasteiger charge is -2.54. The van der Waals surface area contributed by atoms with E-state index >= 15 is 0 Å². The second-order valence-corrected chi connectivity index (χ2v) is 7.64. The van der Waals surface area contributed by atoms with Crippen molar-refractivity contribution in [1.82, 2.24) is 15.1 Å². The fraction of sp³-hybridized carbons (Fsp3) is 0.588. The van der Waals surface area contributed by atoms with Gasteiger partial charge in [-0.15, -0.1) is 4.68 Å². The Hall–Kier alpha value is -1.62. The van der Waals surface area contributed by atoms with Crippen molar-refractivity contribution in [2.45, 2.75) is 44.1 Å². The number of benzene rings is 1. The lowest BCUT2D eigenvalue weighted by Crippen LogP contribution is -3.00. The summed E-state index contributed by atoms with van der Waals surface area (Å²) in [6.07, 6.45) is 7.98. The lowest BCUT2D eigenvalue weighted by molar-refractivity contribution is -0.814. The van der Waals surface area contributed by atoms with Crippen molar-refractivity contribution in [3.8, 4) is 5.69 Å². The van der Waals surface area contributed by atoms with Crippen molar-refractivity contribution in [1.29, 1.82) is 0 Å². The number of nitrogens with two attached hydrogens (primary N) is 1. The third-order valence-electron chi connectivity index (χ3n) is 6.11. The van der Waals surface area contributed by atoms with E-state index in [9.17, 15) is 0 Å². The van der Waals surface area contributed by atoms with E-state index in [4.69, 9.17) is 5.73 Å². The van der Waals surface area contributed by atoms with Crippen LogP contribution in [-0.2, 0) is 5.54 Å². The number of anilines is 1. The van der Waals surface area contributed by atoms with Crippen molar-refractivity contribution in [3.63, 3.8) is 0 Å². The number of halogens is 1. The van der Waals surface area contributed by atoms with Crippen molar-refractivity contribution >= 4 is 5.95 Å². The van der Waals surface area contributed by atoms with E-state index in [0.29, 0.717) is 5.95 Å². The summed E-state index contributed by atoms with van der Waals surface area (Å²) in [5, 5.41) is 8.83. The fourth-order valence-electron chi connectivity index (χ4n) is 5.68. The molecule has 4 fully saturated rings. The molecule has 0 saturated heterocycles. The Kier molecular flexibility index (Phi) is 3.38. The highest BCUT2D eigenvalue weighted by atomic mass is 35.5. The molecule has 0 amide bonds. The highest BCUT2D eigenvalue weighted by molar-refractivity contribution is 5.34. The van der Waals surface area contributed by atoms with Gasteiger partial charge in [0.25, 0.3) is 0 Å². The predicted octanol–water partition coefficient (Wildman–Crippen LogP) is -0.934. The van der Waals surface area contributed by atoms with Gasteiger partial charge in [0.15, 0.2) is 0 Å². The molecule has 4 aliphatic rings. The molecule has 6 heteroatoms. The average Bonchev–Trinajstić information content (AvgIpc) is 2.89. The van der Waals surface area contributed by atoms with Gasteiger partial charge in [0.1, 0.15) is 16.4 Å². The number of rotatable bonds is 2. The molecule has 2 aromatic rings. The van der Waals surface area contributed by atoms with Gasteiger partial charge in [0.2, 0.25) is 0 Å². The summed E-state index contributed by atoms with van der Waals surface area (Å²) in [6, 6.07) is 10.1. The first-order chi connectivity index (χ1) is 10.7. The summed E-state index contributed by atoms with van der Waals surface area (Å²) < 4.78 is 3.84. The molecule has 0 radical (unpaired) electrons. The Bertz CT molecular complexity index is 676. The van der Waals surface area contributed by atoms with Crippen LogP contribution in [-0.4, -0.2) is 15.1 Å². The van der Waals surface area contributed by atoms with Crippen LogP contribution in [0.1, 0.15) is 38.5 Å². The van der Waals surface area contributed by atoms with Gasteiger partial charge < -0.3 is 18.1 Å². The number of para-hydroxylation sites is 1. The summed E-state index contributed by atoms with van der Waals surface area (Å²) in [7, 11) is 0. The molecule has 1 heterocycles. The Morgan fingerprint density at radius 3 is 2.13 bits per heavy atom. The first-order valence-corrected chi connectivity index (χ1v) is 8.43. The number of hydrogen-bond donors (Lipinski definition) is 1. The number of tetrazole rings is 1. The molecule has 23 heavy (non-hydrogen) atoms. The molecule has 6 rings (SSSR count). The summed E-state index contributed by atoms with van der Waals surface area (Å²) in [6.45, 7) is 0. The zero-order chi connectivity index (χ0) is 14.7. The zero-order valence-corrected chi connectivity index (χ0v) is 13.9. The summed E-state index contributed by atoms with van der Waals surface area (Å²) in [4.78, 5) is 0. The molecule has 0 aliphatic heterocycles. The minimum absolute atomic E-state index is 0. The van der Waals surface area contributed by atoms with Gasteiger partial charge in [-0.3, -0.25) is 0 Å². The van der Waals surface area contributed by atoms with Crippen LogP contribution in [0.2, 0.25) is 0 Å². The van der Waals surface area contributed by atoms with Crippen LogP contribution < -0.4 is 22.8 Å². The van der Waals surface area contributed by atoms with Gasteiger partial charge in [-0.2, -0.15) is 0 Å². The number of nitrogens with zero attached hydrogens (tertiary/aromatic N) is 4. The molecule has 0 unspecified atom stereocenters. The van der Waals surface area contributed by atoms with E-state index in [1.165, 1.54) is 38.5 Å². The smallest absolute Gasteiger partial charge is 0.368 e. The van der Waals surface area contributed by atoms with Crippen LogP contribution in [0.3, 0.4) is 0 Å². The topological polar surface area (TPSA) is 60.6 Å². The normalized spacial score (nSPS) is 34.3. The molecule has 1 aromatic carbocycles. The summed E-state index contributed by atoms with van der Waals surface area (Å²) in [5.74, 6) is 3.30. The molecule has 2 N–H and O–H groups in total. The standard InChI is InChI=1S/C17H21N5.ClH/c18-16-21(15-4-2-1-3-5-15)19-20-22(16)17-9-12-6-13(10-17)8-14(7-12)11-17;/h1-5,12-14,18H,6-11H2;1H. The quantitative estimate of drug-likeness (QED) is 0.723. The fourth-order valence-corrected chi connectivity index (χ4v) is 5.68. The molecular weight excluding hydrogens is 310 g/mol. The van der Waals surface area contributed by atoms with Gasteiger partial charge in [-0.05, 0) is 68.4 Å². The molecule has 4 bridgehead atoms. The van der Waals surface area contributed by atoms with Crippen LogP contribution in [0.4, 0.5) is 5.95 Å². The molecule has 122 valence electrons. The van der Waals surface area contributed by atoms with E-state index in [-0.39, 0.29) is 17.9 Å². The van der Waals surface area contributed by atoms with Crippen LogP contribution in [0.15, 0.2) is 30.3 Å². The Morgan fingerprint density at radius 1 is 1.00 bits per heavy atom. The van der Waals surface area contributed by atoms with Gasteiger partial charge in [0, 0.05) is 0 Å². The maximum atomic E-state index is 6.46. The maximum Gasteiger partial charge on any atom is 0.368 e. The minimum Gasteiger partial charge on any atom is -1.00 e. The Labute approximate surface area is 142 Å². The third-order valence-corrected chi connectivity index (χ3v) is 6.11. The third kappa shape index (κ3) is 2.17. The van der Waals surface area contributed by atoms with E-state index < -0.39 is 0 Å². The van der Waals surface area contributed by atoms with Crippen LogP contribution in [0.5, 0.6) is 0 Å². The Morgan fingerprint density at radius 2 is 1.57 bits per heavy atom. The monoisotopic (exact) mass is 331 g/mol. The van der Waals surface area contributed by atoms with Crippen molar-refractivity contribution in [3.05, 3.63) is 30.3 Å². The largest absolute Gasteiger partial charge is 1.00 e. The van der Waals surface area contributed by atoms with Gasteiger partial charge in [-0.1, -0.05) is 22.9 Å². The van der Waals surface area contributed by atoms with Crippen LogP contribution in [0.25, 0.3) is 5.69 Å². The molecule has 4 aliphatic carbocycles. The minimum atomic E-state index is 0. The SMILES string of the molecule is Nc1n(-c2ccccc2)nn[n+]1C12CC3CC(CC(C3)C1)C2.[Cl-]. The second kappa shape index (κ2) is 5.20. The first kappa shape index (κ1) is 14.9. The van der Waals surface area contributed by atoms with Crippen LogP contribution in [0, 0.1) is 17.8 Å².